The van der Waals surface area contributed by atoms with Gasteiger partial charge in [-0.05, 0) is 69.9 Å². The molecule has 0 bridgehead atoms. The van der Waals surface area contributed by atoms with E-state index in [0.29, 0.717) is 49.1 Å². The van der Waals surface area contributed by atoms with E-state index in [1.165, 1.54) is 16.7 Å². The summed E-state index contributed by atoms with van der Waals surface area (Å²) in [6.07, 6.45) is 3.15. The van der Waals surface area contributed by atoms with Crippen LogP contribution in [-0.4, -0.2) is 65.7 Å². The number of aryl methyl sites for hydroxylation is 2. The fraction of sp³-hybridized carbons (Fsp3) is 0.438. The van der Waals surface area contributed by atoms with Gasteiger partial charge in [0.2, 0.25) is 5.91 Å². The number of nitrogens with zero attached hydrogens (tertiary/aromatic N) is 7. The zero-order valence-corrected chi connectivity index (χ0v) is 26.5. The predicted molar refractivity (Wildman–Crippen MR) is 167 cm³/mol. The summed E-state index contributed by atoms with van der Waals surface area (Å²) in [7, 11) is 0. The highest BCUT2D eigenvalue weighted by Crippen LogP contribution is 2.23. The second kappa shape index (κ2) is 13.0. The van der Waals surface area contributed by atoms with Crippen LogP contribution in [0.3, 0.4) is 0 Å². The number of hydrogen-bond donors (Lipinski definition) is 0. The maximum atomic E-state index is 13.3. The minimum absolute atomic E-state index is 0.198. The molecule has 2 atom stereocenters. The summed E-state index contributed by atoms with van der Waals surface area (Å²) in [5.74, 6) is 0.198. The Hall–Kier alpha value is -3.20. The second-order valence-corrected chi connectivity index (χ2v) is 12.4. The molecule has 1 fully saturated rings. The summed E-state index contributed by atoms with van der Waals surface area (Å²) in [5, 5.41) is 14.7. The van der Waals surface area contributed by atoms with Crippen LogP contribution < -0.4 is 0 Å². The number of carbonyl (C=O) groups excluding carboxylic acids is 1. The van der Waals surface area contributed by atoms with E-state index in [4.69, 9.17) is 28.3 Å². The average molecular weight is 609 g/mol. The molecular weight excluding hydrogens is 569 g/mol. The van der Waals surface area contributed by atoms with Gasteiger partial charge in [0.1, 0.15) is 0 Å². The van der Waals surface area contributed by atoms with Crippen LogP contribution in [0.15, 0.2) is 48.7 Å². The van der Waals surface area contributed by atoms with E-state index in [1.807, 2.05) is 30.2 Å². The molecule has 10 heteroatoms. The third kappa shape index (κ3) is 7.05. The lowest BCUT2D eigenvalue weighted by atomic mass is 10.0. The van der Waals surface area contributed by atoms with Crippen molar-refractivity contribution >= 4 is 29.1 Å². The first-order chi connectivity index (χ1) is 20.1. The number of benzene rings is 2. The maximum absolute atomic E-state index is 13.3. The highest BCUT2D eigenvalue weighted by Gasteiger charge is 2.32. The van der Waals surface area contributed by atoms with Gasteiger partial charge in [0.15, 0.2) is 0 Å². The smallest absolute Gasteiger partial charge is 0.223 e. The Bertz CT molecular complexity index is 1530. The van der Waals surface area contributed by atoms with Crippen LogP contribution in [0.2, 0.25) is 10.0 Å². The molecule has 5 rings (SSSR count). The van der Waals surface area contributed by atoms with Crippen molar-refractivity contribution in [3.05, 3.63) is 98.0 Å². The molecule has 8 nitrogen and oxygen atoms in total. The lowest BCUT2D eigenvalue weighted by Gasteiger charge is -2.44. The van der Waals surface area contributed by atoms with Crippen molar-refractivity contribution in [2.75, 3.05) is 13.1 Å². The number of amides is 1. The van der Waals surface area contributed by atoms with E-state index in [0.717, 1.165) is 29.2 Å². The van der Waals surface area contributed by atoms with Crippen LogP contribution in [0, 0.1) is 20.8 Å². The summed E-state index contributed by atoms with van der Waals surface area (Å²) < 4.78 is 3.86. The molecule has 1 saturated heterocycles. The van der Waals surface area contributed by atoms with Gasteiger partial charge in [-0.15, -0.1) is 5.10 Å². The van der Waals surface area contributed by atoms with Crippen LogP contribution >= 0.6 is 23.2 Å². The largest absolute Gasteiger partial charge is 0.340 e. The number of hydrogen-bond acceptors (Lipinski definition) is 5. The van der Waals surface area contributed by atoms with E-state index >= 15 is 0 Å². The lowest BCUT2D eigenvalue weighted by Crippen LogP contribution is -2.57. The molecule has 0 radical (unpaired) electrons. The molecule has 4 aromatic rings. The molecule has 1 amide bonds. The second-order valence-electron chi connectivity index (χ2n) is 11.6. The third-order valence-corrected chi connectivity index (χ3v) is 8.89. The molecule has 0 spiro atoms. The topological polar surface area (TPSA) is 72.1 Å². The van der Waals surface area contributed by atoms with Crippen molar-refractivity contribution < 1.29 is 4.79 Å². The molecule has 0 aliphatic carbocycles. The van der Waals surface area contributed by atoms with Gasteiger partial charge in [-0.1, -0.05) is 64.3 Å². The first-order valence-corrected chi connectivity index (χ1v) is 15.3. The van der Waals surface area contributed by atoms with Crippen LogP contribution in [0.1, 0.15) is 59.6 Å². The van der Waals surface area contributed by atoms with E-state index in [-0.39, 0.29) is 18.0 Å². The molecule has 0 N–H and O–H groups in total. The standard InChI is InChI=1S/C32H39Cl2N7O/c1-21-6-8-26(9-7-21)17-41-25(5)30(24(4)36-41)12-13-32(42)38-15-22(2)40(23(3)16-38)20-29-19-39(37-35-29)18-27-10-11-28(33)14-31(27)34/h6-11,14,19,22-23H,12-13,15-18,20H2,1-5H3/t22-,23+. The van der Waals surface area contributed by atoms with Crippen molar-refractivity contribution in [2.24, 2.45) is 0 Å². The normalized spacial score (nSPS) is 17.6. The Morgan fingerprint density at radius 3 is 2.36 bits per heavy atom. The first kappa shape index (κ1) is 30.3. The Balaban J connectivity index is 1.15. The van der Waals surface area contributed by atoms with Crippen molar-refractivity contribution in [2.45, 2.75) is 79.2 Å². The van der Waals surface area contributed by atoms with E-state index in [2.05, 4.69) is 71.9 Å². The van der Waals surface area contributed by atoms with Gasteiger partial charge in [-0.2, -0.15) is 5.10 Å². The summed E-state index contributed by atoms with van der Waals surface area (Å²) in [6.45, 7) is 13.9. The summed E-state index contributed by atoms with van der Waals surface area (Å²) in [4.78, 5) is 17.8. The van der Waals surface area contributed by atoms with Crippen molar-refractivity contribution in [3.63, 3.8) is 0 Å². The van der Waals surface area contributed by atoms with Crippen LogP contribution in [0.25, 0.3) is 0 Å². The fourth-order valence-electron chi connectivity index (χ4n) is 5.88. The molecule has 42 heavy (non-hydrogen) atoms. The van der Waals surface area contributed by atoms with Gasteiger partial charge in [0, 0.05) is 53.9 Å². The van der Waals surface area contributed by atoms with Crippen LogP contribution in [0.4, 0.5) is 0 Å². The Morgan fingerprint density at radius 1 is 0.952 bits per heavy atom. The fourth-order valence-corrected chi connectivity index (χ4v) is 6.35. The van der Waals surface area contributed by atoms with E-state index in [9.17, 15) is 4.79 Å². The monoisotopic (exact) mass is 607 g/mol. The molecule has 222 valence electrons. The van der Waals surface area contributed by atoms with Gasteiger partial charge in [0.05, 0.1) is 30.7 Å². The highest BCUT2D eigenvalue weighted by atomic mass is 35.5. The summed E-state index contributed by atoms with van der Waals surface area (Å²) >= 11 is 12.4. The number of halogens is 2. The number of piperazine rings is 1. The van der Waals surface area contributed by atoms with Crippen molar-refractivity contribution in [1.82, 2.24) is 34.6 Å². The molecule has 1 aliphatic rings. The van der Waals surface area contributed by atoms with Crippen LogP contribution in [0.5, 0.6) is 0 Å². The third-order valence-electron chi connectivity index (χ3n) is 8.31. The lowest BCUT2D eigenvalue weighted by molar-refractivity contribution is -0.135. The molecule has 2 aromatic heterocycles. The zero-order chi connectivity index (χ0) is 30.0. The van der Waals surface area contributed by atoms with E-state index in [1.54, 1.807) is 10.7 Å². The van der Waals surface area contributed by atoms with Gasteiger partial charge >= 0.3 is 0 Å². The number of aromatic nitrogens is 5. The Labute approximate surface area is 258 Å². The Kier molecular flexibility index (Phi) is 9.35. The molecule has 3 heterocycles. The number of rotatable bonds is 9. The molecular formula is C32H39Cl2N7O. The van der Waals surface area contributed by atoms with Crippen molar-refractivity contribution in [3.8, 4) is 0 Å². The van der Waals surface area contributed by atoms with Gasteiger partial charge < -0.3 is 4.90 Å². The van der Waals surface area contributed by atoms with Gasteiger partial charge in [-0.3, -0.25) is 14.4 Å². The molecule has 0 unspecified atom stereocenters. The van der Waals surface area contributed by atoms with Crippen molar-refractivity contribution in [1.29, 1.82) is 0 Å². The van der Waals surface area contributed by atoms with Crippen LogP contribution in [-0.2, 0) is 30.8 Å². The minimum Gasteiger partial charge on any atom is -0.340 e. The minimum atomic E-state index is 0.198. The number of carbonyl (C=O) groups is 1. The highest BCUT2D eigenvalue weighted by molar-refractivity contribution is 6.35. The molecule has 2 aromatic carbocycles. The Morgan fingerprint density at radius 2 is 1.67 bits per heavy atom. The molecule has 0 saturated carbocycles. The average Bonchev–Trinajstić information content (AvgIpc) is 3.50. The summed E-state index contributed by atoms with van der Waals surface area (Å²) in [6, 6.07) is 14.4. The summed E-state index contributed by atoms with van der Waals surface area (Å²) in [5.41, 5.74) is 7.63. The van der Waals surface area contributed by atoms with Gasteiger partial charge in [0.25, 0.3) is 0 Å². The van der Waals surface area contributed by atoms with E-state index < -0.39 is 0 Å². The maximum Gasteiger partial charge on any atom is 0.223 e. The first-order valence-electron chi connectivity index (χ1n) is 14.5. The SMILES string of the molecule is Cc1ccc(Cn2nc(C)c(CCC(=O)N3C[C@@H](C)N(Cc4cn(Cc5ccc(Cl)cc5Cl)nn4)[C@@H](C)C3)c2C)cc1. The predicted octanol–water partition coefficient (Wildman–Crippen LogP) is 5.86. The van der Waals surface area contributed by atoms with Gasteiger partial charge in [-0.25, -0.2) is 4.68 Å². The zero-order valence-electron chi connectivity index (χ0n) is 25.0. The quantitative estimate of drug-likeness (QED) is 0.238. The molecule has 1 aliphatic heterocycles.